The van der Waals surface area contributed by atoms with E-state index in [0.29, 0.717) is 27.4 Å². The zero-order valence-electron chi connectivity index (χ0n) is 8.81. The Morgan fingerprint density at radius 2 is 2.19 bits per heavy atom. The minimum Gasteiger partial charge on any atom is -0.359 e. The highest BCUT2D eigenvalue weighted by molar-refractivity contribution is 7.80. The fourth-order valence-electron chi connectivity index (χ4n) is 1.09. The van der Waals surface area contributed by atoms with E-state index >= 15 is 0 Å². The molecule has 0 heterocycles. The monoisotopic (exact) mass is 274 g/mol. The fourth-order valence-corrected chi connectivity index (χ4v) is 1.74. The average Bonchev–Trinajstić information content (AvgIpc) is 2.27. The van der Waals surface area contributed by atoms with Gasteiger partial charge >= 0.3 is 0 Å². The average molecular weight is 275 g/mol. The third-order valence-electron chi connectivity index (χ3n) is 1.93. The Kier molecular flexibility index (Phi) is 5.06. The predicted octanol–water partition coefficient (Wildman–Crippen LogP) is 3.77. The lowest BCUT2D eigenvalue weighted by Gasteiger charge is -2.13. The van der Waals surface area contributed by atoms with Gasteiger partial charge in [-0.3, -0.25) is 0 Å². The summed E-state index contributed by atoms with van der Waals surface area (Å²) in [5.74, 6) is 0. The summed E-state index contributed by atoms with van der Waals surface area (Å²) in [6, 6.07) is 3.64. The summed E-state index contributed by atoms with van der Waals surface area (Å²) >= 11 is 17.2. The van der Waals surface area contributed by atoms with Crippen molar-refractivity contribution in [2.24, 2.45) is 0 Å². The minimum atomic E-state index is 0.467. The zero-order valence-corrected chi connectivity index (χ0v) is 11.1. The molecule has 0 unspecified atom stereocenters. The Morgan fingerprint density at radius 1 is 1.50 bits per heavy atom. The largest absolute Gasteiger partial charge is 0.359 e. The second kappa shape index (κ2) is 6.09. The molecule has 1 rings (SSSR count). The van der Waals surface area contributed by atoms with E-state index in [1.165, 1.54) is 0 Å². The molecule has 0 amide bonds. The van der Waals surface area contributed by atoms with Gasteiger partial charge in [0, 0.05) is 6.54 Å². The Balaban J connectivity index is 2.84. The van der Waals surface area contributed by atoms with E-state index in [9.17, 15) is 0 Å². The molecule has 0 fully saturated rings. The normalized spacial score (nSPS) is 9.69. The molecule has 5 heteroatoms. The van der Waals surface area contributed by atoms with Gasteiger partial charge in [0.25, 0.3) is 0 Å². The van der Waals surface area contributed by atoms with Gasteiger partial charge in [-0.05, 0) is 30.8 Å². The lowest BCUT2D eigenvalue weighted by molar-refractivity contribution is 1.06. The molecule has 2 N–H and O–H groups in total. The molecule has 86 valence electrons. The van der Waals surface area contributed by atoms with Crippen LogP contribution >= 0.6 is 35.4 Å². The molecule has 0 saturated carbocycles. The van der Waals surface area contributed by atoms with Crippen molar-refractivity contribution in [3.63, 3.8) is 0 Å². The number of aryl methyl sites for hydroxylation is 1. The van der Waals surface area contributed by atoms with E-state index in [-0.39, 0.29) is 0 Å². The first-order valence-electron chi connectivity index (χ1n) is 4.66. The molecule has 1 aromatic carbocycles. The van der Waals surface area contributed by atoms with Gasteiger partial charge in [-0.25, -0.2) is 0 Å². The number of benzene rings is 1. The van der Waals surface area contributed by atoms with Gasteiger partial charge in [0.15, 0.2) is 5.11 Å². The van der Waals surface area contributed by atoms with E-state index in [1.807, 2.05) is 13.0 Å². The van der Waals surface area contributed by atoms with Crippen molar-refractivity contribution in [3.8, 4) is 0 Å². The molecule has 2 nitrogen and oxygen atoms in total. The molecule has 0 saturated heterocycles. The van der Waals surface area contributed by atoms with Crippen LogP contribution in [0.1, 0.15) is 5.56 Å². The summed E-state index contributed by atoms with van der Waals surface area (Å²) in [5, 5.41) is 7.49. The van der Waals surface area contributed by atoms with E-state index in [0.717, 1.165) is 5.56 Å². The van der Waals surface area contributed by atoms with Crippen molar-refractivity contribution >= 4 is 46.2 Å². The van der Waals surface area contributed by atoms with Crippen LogP contribution in [0.3, 0.4) is 0 Å². The van der Waals surface area contributed by atoms with Crippen LogP contribution in [0.5, 0.6) is 0 Å². The first kappa shape index (κ1) is 13.3. The van der Waals surface area contributed by atoms with Crippen LogP contribution in [0.15, 0.2) is 24.8 Å². The van der Waals surface area contributed by atoms with Crippen molar-refractivity contribution in [1.29, 1.82) is 0 Å². The standard InChI is InChI=1S/C11H12Cl2N2S/c1-3-6-14-11(16)15-10-8(12)5-4-7(2)9(10)13/h3-5H,1,6H2,2H3,(H2,14,15,16). The number of anilines is 1. The fraction of sp³-hybridized carbons (Fsp3) is 0.182. The molecule has 0 bridgehead atoms. The summed E-state index contributed by atoms with van der Waals surface area (Å²) in [4.78, 5) is 0. The van der Waals surface area contributed by atoms with Crippen molar-refractivity contribution < 1.29 is 0 Å². The van der Waals surface area contributed by atoms with Crippen molar-refractivity contribution in [3.05, 3.63) is 40.4 Å². The van der Waals surface area contributed by atoms with Crippen molar-refractivity contribution in [2.75, 3.05) is 11.9 Å². The maximum atomic E-state index is 6.12. The van der Waals surface area contributed by atoms with Gasteiger partial charge < -0.3 is 10.6 Å². The molecule has 0 aromatic heterocycles. The van der Waals surface area contributed by atoms with Crippen LogP contribution in [-0.2, 0) is 0 Å². The lowest BCUT2D eigenvalue weighted by atomic mass is 10.2. The SMILES string of the molecule is C=CCNC(=S)Nc1c(Cl)ccc(C)c1Cl. The zero-order chi connectivity index (χ0) is 12.1. The molecule has 1 aromatic rings. The van der Waals surface area contributed by atoms with E-state index in [4.69, 9.17) is 35.4 Å². The second-order valence-electron chi connectivity index (χ2n) is 3.18. The minimum absolute atomic E-state index is 0.467. The number of halogens is 2. The van der Waals surface area contributed by atoms with Crippen LogP contribution in [0, 0.1) is 6.92 Å². The molecule has 0 atom stereocenters. The van der Waals surface area contributed by atoms with Crippen LogP contribution in [0.4, 0.5) is 5.69 Å². The first-order chi connectivity index (χ1) is 7.56. The summed E-state index contributed by atoms with van der Waals surface area (Å²) in [6.45, 7) is 6.08. The highest BCUT2D eigenvalue weighted by Crippen LogP contribution is 2.32. The molecule has 16 heavy (non-hydrogen) atoms. The molecule has 0 spiro atoms. The number of nitrogens with one attached hydrogen (secondary N) is 2. The summed E-state index contributed by atoms with van der Waals surface area (Å²) < 4.78 is 0. The van der Waals surface area contributed by atoms with Gasteiger partial charge in [0.2, 0.25) is 0 Å². The smallest absolute Gasteiger partial charge is 0.171 e. The highest BCUT2D eigenvalue weighted by atomic mass is 35.5. The van der Waals surface area contributed by atoms with Crippen molar-refractivity contribution in [2.45, 2.75) is 6.92 Å². The topological polar surface area (TPSA) is 24.1 Å². The van der Waals surface area contributed by atoms with E-state index < -0.39 is 0 Å². The summed E-state index contributed by atoms with van der Waals surface area (Å²) in [5.41, 5.74) is 1.57. The van der Waals surface area contributed by atoms with Gasteiger partial charge in [0.05, 0.1) is 15.7 Å². The Morgan fingerprint density at radius 3 is 2.81 bits per heavy atom. The van der Waals surface area contributed by atoms with E-state index in [2.05, 4.69) is 17.2 Å². The third kappa shape index (κ3) is 3.37. The summed E-state index contributed by atoms with van der Waals surface area (Å²) in [6.07, 6.45) is 1.72. The molecule has 0 aliphatic carbocycles. The van der Waals surface area contributed by atoms with Crippen LogP contribution in [0.25, 0.3) is 0 Å². The second-order valence-corrected chi connectivity index (χ2v) is 4.37. The van der Waals surface area contributed by atoms with Gasteiger partial charge in [0.1, 0.15) is 0 Å². The van der Waals surface area contributed by atoms with E-state index in [1.54, 1.807) is 12.1 Å². The maximum absolute atomic E-state index is 6.12. The first-order valence-corrected chi connectivity index (χ1v) is 5.83. The Hall–Kier alpha value is -0.770. The molecule has 0 aliphatic heterocycles. The highest BCUT2D eigenvalue weighted by Gasteiger charge is 2.09. The Labute approximate surface area is 111 Å². The maximum Gasteiger partial charge on any atom is 0.171 e. The van der Waals surface area contributed by atoms with Crippen LogP contribution in [0.2, 0.25) is 10.0 Å². The predicted molar refractivity (Wildman–Crippen MR) is 75.6 cm³/mol. The quantitative estimate of drug-likeness (QED) is 0.648. The number of thiocarbonyl (C=S) groups is 1. The van der Waals surface area contributed by atoms with Gasteiger partial charge in [-0.2, -0.15) is 0 Å². The third-order valence-corrected chi connectivity index (χ3v) is 2.98. The Bertz CT molecular complexity index is 419. The van der Waals surface area contributed by atoms with Crippen molar-refractivity contribution in [1.82, 2.24) is 5.32 Å². The number of hydrogen-bond acceptors (Lipinski definition) is 1. The molecule has 0 radical (unpaired) electrons. The molecular weight excluding hydrogens is 263 g/mol. The van der Waals surface area contributed by atoms with Gasteiger partial charge in [-0.1, -0.05) is 35.3 Å². The van der Waals surface area contributed by atoms with Crippen LogP contribution < -0.4 is 10.6 Å². The number of hydrogen-bond donors (Lipinski definition) is 2. The van der Waals surface area contributed by atoms with Crippen LogP contribution in [-0.4, -0.2) is 11.7 Å². The lowest BCUT2D eigenvalue weighted by Crippen LogP contribution is -2.28. The van der Waals surface area contributed by atoms with Gasteiger partial charge in [-0.15, -0.1) is 6.58 Å². The number of rotatable bonds is 3. The molecular formula is C11H12Cl2N2S. The molecule has 0 aliphatic rings. The summed E-state index contributed by atoms with van der Waals surface area (Å²) in [7, 11) is 0.